The van der Waals surface area contributed by atoms with Crippen molar-refractivity contribution in [3.05, 3.63) is 70.2 Å². The average molecular weight is 378 g/mol. The maximum Gasteiger partial charge on any atom is 0.142 e. The van der Waals surface area contributed by atoms with Crippen LogP contribution < -0.4 is 5.73 Å². The van der Waals surface area contributed by atoms with E-state index >= 15 is 0 Å². The number of anilines is 1. The van der Waals surface area contributed by atoms with Gasteiger partial charge in [-0.15, -0.1) is 0 Å². The molecule has 2 aromatic carbocycles. The molecule has 0 aliphatic carbocycles. The summed E-state index contributed by atoms with van der Waals surface area (Å²) < 4.78 is 0.971. The molecule has 0 atom stereocenters. The third-order valence-electron chi connectivity index (χ3n) is 3.95. The second-order valence-corrected chi connectivity index (χ2v) is 6.40. The van der Waals surface area contributed by atoms with Crippen LogP contribution in [0, 0.1) is 11.3 Å². The fourth-order valence-corrected chi connectivity index (χ4v) is 3.02. The summed E-state index contributed by atoms with van der Waals surface area (Å²) in [5.41, 5.74) is 11.2. The fraction of sp³-hybridized carbons (Fsp3) is 0.100. The smallest absolute Gasteiger partial charge is 0.142 e. The van der Waals surface area contributed by atoms with Gasteiger partial charge in [0.25, 0.3) is 0 Å². The summed E-state index contributed by atoms with van der Waals surface area (Å²) in [7, 11) is 0. The Hall–Kier alpha value is -2.64. The molecule has 0 saturated heterocycles. The molecule has 0 radical (unpaired) electrons. The van der Waals surface area contributed by atoms with Crippen molar-refractivity contribution in [2.24, 2.45) is 0 Å². The summed E-state index contributed by atoms with van der Waals surface area (Å²) >= 11 is 3.47. The lowest BCUT2D eigenvalue weighted by molar-refractivity contribution is 1.14. The molecule has 1 aromatic heterocycles. The molecule has 0 saturated carbocycles. The lowest BCUT2D eigenvalue weighted by atomic mass is 9.97. The summed E-state index contributed by atoms with van der Waals surface area (Å²) in [6, 6.07) is 20.2. The van der Waals surface area contributed by atoms with E-state index in [0.717, 1.165) is 33.3 Å². The Bertz CT molecular complexity index is 925. The SMILES string of the molecule is CCc1ccc(-c2cc(-c3cccc(Br)c3)nc(N)c2C#N)cc1. The molecular weight excluding hydrogens is 362 g/mol. The van der Waals surface area contributed by atoms with E-state index in [9.17, 15) is 5.26 Å². The predicted molar refractivity (Wildman–Crippen MR) is 101 cm³/mol. The minimum Gasteiger partial charge on any atom is -0.383 e. The Morgan fingerprint density at radius 1 is 1.08 bits per heavy atom. The summed E-state index contributed by atoms with van der Waals surface area (Å²) in [6.07, 6.45) is 0.979. The van der Waals surface area contributed by atoms with Crippen molar-refractivity contribution >= 4 is 21.7 Å². The van der Waals surface area contributed by atoms with Gasteiger partial charge in [0.05, 0.1) is 5.69 Å². The molecular formula is C20H16BrN3. The molecule has 1 heterocycles. The number of rotatable bonds is 3. The number of halogens is 1. The predicted octanol–water partition coefficient (Wildman–Crippen LogP) is 5.19. The zero-order valence-electron chi connectivity index (χ0n) is 13.3. The van der Waals surface area contributed by atoms with E-state index in [1.54, 1.807) is 0 Å². The van der Waals surface area contributed by atoms with Gasteiger partial charge in [-0.25, -0.2) is 4.98 Å². The minimum absolute atomic E-state index is 0.254. The molecule has 0 unspecified atom stereocenters. The van der Waals surface area contributed by atoms with Crippen LogP contribution in [0.1, 0.15) is 18.1 Å². The lowest BCUT2D eigenvalue weighted by Gasteiger charge is -2.11. The number of benzene rings is 2. The van der Waals surface area contributed by atoms with E-state index < -0.39 is 0 Å². The second-order valence-electron chi connectivity index (χ2n) is 5.49. The van der Waals surface area contributed by atoms with Crippen LogP contribution in [0.2, 0.25) is 0 Å². The molecule has 0 aliphatic heterocycles. The van der Waals surface area contributed by atoms with Gasteiger partial charge in [0, 0.05) is 15.6 Å². The van der Waals surface area contributed by atoms with Gasteiger partial charge in [-0.1, -0.05) is 59.3 Å². The molecule has 3 aromatic rings. The highest BCUT2D eigenvalue weighted by Gasteiger charge is 2.13. The van der Waals surface area contributed by atoms with Gasteiger partial charge >= 0.3 is 0 Å². The highest BCUT2D eigenvalue weighted by molar-refractivity contribution is 9.10. The van der Waals surface area contributed by atoms with Crippen molar-refractivity contribution in [1.82, 2.24) is 4.98 Å². The standard InChI is InChI=1S/C20H16BrN3/c1-2-13-6-8-14(9-7-13)17-11-19(24-20(23)18(17)12-22)15-4-3-5-16(21)10-15/h3-11H,2H2,1H3,(H2,23,24). The molecule has 0 spiro atoms. The molecule has 0 fully saturated rings. The normalized spacial score (nSPS) is 10.4. The Morgan fingerprint density at radius 2 is 1.83 bits per heavy atom. The first-order valence-electron chi connectivity index (χ1n) is 7.68. The quantitative estimate of drug-likeness (QED) is 0.682. The summed E-state index contributed by atoms with van der Waals surface area (Å²) in [5.74, 6) is 0.254. The minimum atomic E-state index is 0.254. The lowest BCUT2D eigenvalue weighted by Crippen LogP contribution is -2.00. The molecule has 0 amide bonds. The number of nitriles is 1. The first kappa shape index (κ1) is 16.2. The van der Waals surface area contributed by atoms with Gasteiger partial charge < -0.3 is 5.73 Å². The monoisotopic (exact) mass is 377 g/mol. The van der Waals surface area contributed by atoms with E-state index in [2.05, 4.69) is 46.0 Å². The van der Waals surface area contributed by atoms with Crippen molar-refractivity contribution in [1.29, 1.82) is 5.26 Å². The molecule has 3 nitrogen and oxygen atoms in total. The second kappa shape index (κ2) is 6.86. The molecule has 2 N–H and O–H groups in total. The van der Waals surface area contributed by atoms with E-state index in [0.29, 0.717) is 5.56 Å². The fourth-order valence-electron chi connectivity index (χ4n) is 2.63. The van der Waals surface area contributed by atoms with Crippen molar-refractivity contribution < 1.29 is 0 Å². The van der Waals surface area contributed by atoms with Gasteiger partial charge in [0.1, 0.15) is 17.5 Å². The van der Waals surface area contributed by atoms with Crippen LogP contribution in [0.4, 0.5) is 5.82 Å². The van der Waals surface area contributed by atoms with E-state index in [1.165, 1.54) is 5.56 Å². The van der Waals surface area contributed by atoms with Gasteiger partial charge in [-0.3, -0.25) is 0 Å². The van der Waals surface area contributed by atoms with E-state index in [1.807, 2.05) is 42.5 Å². The van der Waals surface area contributed by atoms with Crippen LogP contribution in [-0.2, 0) is 6.42 Å². The average Bonchev–Trinajstić information content (AvgIpc) is 2.61. The van der Waals surface area contributed by atoms with Crippen LogP contribution in [0.25, 0.3) is 22.4 Å². The van der Waals surface area contributed by atoms with Gasteiger partial charge in [-0.05, 0) is 35.7 Å². The number of hydrogen-bond acceptors (Lipinski definition) is 3. The summed E-state index contributed by atoms with van der Waals surface area (Å²) in [4.78, 5) is 4.41. The Labute approximate surface area is 149 Å². The highest BCUT2D eigenvalue weighted by Crippen LogP contribution is 2.32. The van der Waals surface area contributed by atoms with Crippen LogP contribution >= 0.6 is 15.9 Å². The zero-order valence-corrected chi connectivity index (χ0v) is 14.8. The molecule has 4 heteroatoms. The third kappa shape index (κ3) is 3.17. The number of nitrogen functional groups attached to an aromatic ring is 1. The zero-order chi connectivity index (χ0) is 17.1. The Morgan fingerprint density at radius 3 is 2.46 bits per heavy atom. The summed E-state index contributed by atoms with van der Waals surface area (Å²) in [6.45, 7) is 2.12. The first-order valence-corrected chi connectivity index (χ1v) is 8.47. The topological polar surface area (TPSA) is 62.7 Å². The Kier molecular flexibility index (Phi) is 4.64. The molecule has 24 heavy (non-hydrogen) atoms. The van der Waals surface area contributed by atoms with Crippen LogP contribution in [0.3, 0.4) is 0 Å². The van der Waals surface area contributed by atoms with Crippen molar-refractivity contribution in [3.8, 4) is 28.5 Å². The molecule has 0 bridgehead atoms. The number of pyridine rings is 1. The van der Waals surface area contributed by atoms with Crippen LogP contribution in [0.15, 0.2) is 59.1 Å². The molecule has 0 aliphatic rings. The number of hydrogen-bond donors (Lipinski definition) is 1. The van der Waals surface area contributed by atoms with Gasteiger partial charge in [0.2, 0.25) is 0 Å². The van der Waals surface area contributed by atoms with Gasteiger partial charge in [0.15, 0.2) is 0 Å². The van der Waals surface area contributed by atoms with Crippen LogP contribution in [0.5, 0.6) is 0 Å². The molecule has 118 valence electrons. The number of aryl methyl sites for hydroxylation is 1. The maximum absolute atomic E-state index is 9.49. The first-order chi connectivity index (χ1) is 11.6. The highest BCUT2D eigenvalue weighted by atomic mass is 79.9. The van der Waals surface area contributed by atoms with Crippen molar-refractivity contribution in [2.75, 3.05) is 5.73 Å². The number of nitrogens with two attached hydrogens (primary N) is 1. The maximum atomic E-state index is 9.49. The van der Waals surface area contributed by atoms with Crippen LogP contribution in [-0.4, -0.2) is 4.98 Å². The summed E-state index contributed by atoms with van der Waals surface area (Å²) in [5, 5.41) is 9.49. The number of nitrogens with zero attached hydrogens (tertiary/aromatic N) is 2. The van der Waals surface area contributed by atoms with Crippen molar-refractivity contribution in [3.63, 3.8) is 0 Å². The number of aromatic nitrogens is 1. The third-order valence-corrected chi connectivity index (χ3v) is 4.45. The largest absolute Gasteiger partial charge is 0.383 e. The van der Waals surface area contributed by atoms with E-state index in [-0.39, 0.29) is 5.82 Å². The van der Waals surface area contributed by atoms with Gasteiger partial charge in [-0.2, -0.15) is 5.26 Å². The van der Waals surface area contributed by atoms with E-state index in [4.69, 9.17) is 5.73 Å². The molecule has 3 rings (SSSR count). The van der Waals surface area contributed by atoms with Crippen molar-refractivity contribution in [2.45, 2.75) is 13.3 Å². The Balaban J connectivity index is 2.18.